The molecule has 0 spiro atoms. The van der Waals surface area contributed by atoms with Crippen LogP contribution in [0.3, 0.4) is 0 Å². The molecule has 3 aromatic heterocycles. The lowest BCUT2D eigenvalue weighted by atomic mass is 9.97. The number of anilines is 1. The van der Waals surface area contributed by atoms with Crippen LogP contribution in [0.25, 0.3) is 10.2 Å². The monoisotopic (exact) mass is 424 g/mol. The normalized spacial score (nSPS) is 19.6. The molecule has 29 heavy (non-hydrogen) atoms. The summed E-state index contributed by atoms with van der Waals surface area (Å²) in [5, 5.41) is 3.28. The molecule has 1 aliphatic heterocycles. The Hall–Kier alpha value is -1.99. The summed E-state index contributed by atoms with van der Waals surface area (Å²) in [6, 6.07) is 3.87. The molecule has 0 radical (unpaired) electrons. The maximum atomic E-state index is 12.7. The summed E-state index contributed by atoms with van der Waals surface area (Å²) < 4.78 is 0. The molecule has 1 saturated carbocycles. The van der Waals surface area contributed by atoms with Gasteiger partial charge in [-0.15, -0.1) is 22.7 Å². The summed E-state index contributed by atoms with van der Waals surface area (Å²) in [4.78, 5) is 30.8. The highest BCUT2D eigenvalue weighted by Gasteiger charge is 2.32. The van der Waals surface area contributed by atoms with Crippen molar-refractivity contribution in [3.63, 3.8) is 0 Å². The average Bonchev–Trinajstić information content (AvgIpc) is 3.33. The van der Waals surface area contributed by atoms with Gasteiger partial charge in [-0.3, -0.25) is 4.79 Å². The predicted octanol–water partition coefficient (Wildman–Crippen LogP) is 4.47. The van der Waals surface area contributed by atoms with Crippen LogP contribution in [0.15, 0.2) is 17.5 Å². The van der Waals surface area contributed by atoms with Gasteiger partial charge in [0.25, 0.3) is 5.91 Å². The fourth-order valence-electron chi connectivity index (χ4n) is 4.58. The second-order valence-corrected chi connectivity index (χ2v) is 10.4. The molecule has 1 amide bonds. The first-order valence-electron chi connectivity index (χ1n) is 10.7. The van der Waals surface area contributed by atoms with Gasteiger partial charge in [-0.1, -0.05) is 6.07 Å². The van der Waals surface area contributed by atoms with Crippen LogP contribution in [-0.4, -0.2) is 47.0 Å². The standard InChI is InChI=1S/C22H24N4OS2/c27-22(17-6-3-13-28-17)26-11-9-25(10-12-26)20-18-15-4-1-2-5-16(15)29-21(18)24-19(23-20)14-7-8-14/h3,6,13-14H,1-2,4-5,7-12H2. The van der Waals surface area contributed by atoms with Gasteiger partial charge in [0.2, 0.25) is 0 Å². The van der Waals surface area contributed by atoms with Gasteiger partial charge >= 0.3 is 0 Å². The lowest BCUT2D eigenvalue weighted by Crippen LogP contribution is -2.49. The molecule has 0 bridgehead atoms. The molecule has 3 aromatic rings. The Labute approximate surface area is 178 Å². The number of fused-ring (bicyclic) bond motifs is 3. The number of amides is 1. The van der Waals surface area contributed by atoms with Gasteiger partial charge in [0, 0.05) is 37.0 Å². The molecule has 7 heteroatoms. The number of carbonyl (C=O) groups excluding carboxylic acids is 1. The van der Waals surface area contributed by atoms with Crippen LogP contribution in [0.1, 0.15) is 57.5 Å². The maximum absolute atomic E-state index is 12.7. The highest BCUT2D eigenvalue weighted by atomic mass is 32.1. The first kappa shape index (κ1) is 17.8. The highest BCUT2D eigenvalue weighted by Crippen LogP contribution is 2.44. The van der Waals surface area contributed by atoms with E-state index in [4.69, 9.17) is 9.97 Å². The molecule has 0 aromatic carbocycles. The van der Waals surface area contributed by atoms with E-state index in [9.17, 15) is 4.79 Å². The van der Waals surface area contributed by atoms with Crippen molar-refractivity contribution in [1.29, 1.82) is 0 Å². The van der Waals surface area contributed by atoms with E-state index in [1.54, 1.807) is 0 Å². The Morgan fingerprint density at radius 1 is 1.07 bits per heavy atom. The summed E-state index contributed by atoms with van der Waals surface area (Å²) in [7, 11) is 0. The summed E-state index contributed by atoms with van der Waals surface area (Å²) in [6.07, 6.45) is 7.36. The van der Waals surface area contributed by atoms with E-state index >= 15 is 0 Å². The number of thiophene rings is 2. The van der Waals surface area contributed by atoms with Crippen LogP contribution >= 0.6 is 22.7 Å². The molecule has 0 atom stereocenters. The number of hydrogen-bond acceptors (Lipinski definition) is 6. The molecule has 150 valence electrons. The fraction of sp³-hybridized carbons (Fsp3) is 0.500. The van der Waals surface area contributed by atoms with Crippen molar-refractivity contribution in [2.75, 3.05) is 31.1 Å². The third kappa shape index (κ3) is 3.15. The number of aromatic nitrogens is 2. The zero-order valence-corrected chi connectivity index (χ0v) is 18.0. The van der Waals surface area contributed by atoms with Gasteiger partial charge < -0.3 is 9.80 Å². The second kappa shape index (κ2) is 7.06. The number of hydrogen-bond donors (Lipinski definition) is 0. The molecule has 0 N–H and O–H groups in total. The lowest BCUT2D eigenvalue weighted by molar-refractivity contribution is 0.0751. The largest absolute Gasteiger partial charge is 0.352 e. The Bertz CT molecular complexity index is 1060. The molecule has 1 saturated heterocycles. The number of piperazine rings is 1. The van der Waals surface area contributed by atoms with Crippen LogP contribution in [0, 0.1) is 0 Å². The topological polar surface area (TPSA) is 49.3 Å². The lowest BCUT2D eigenvalue weighted by Gasteiger charge is -2.35. The van der Waals surface area contributed by atoms with E-state index < -0.39 is 0 Å². The van der Waals surface area contributed by atoms with Crippen molar-refractivity contribution < 1.29 is 4.79 Å². The van der Waals surface area contributed by atoms with Crippen molar-refractivity contribution in [2.45, 2.75) is 44.4 Å². The first-order chi connectivity index (χ1) is 14.3. The van der Waals surface area contributed by atoms with Gasteiger partial charge in [0.05, 0.1) is 10.3 Å². The smallest absolute Gasteiger partial charge is 0.264 e. The zero-order chi connectivity index (χ0) is 19.4. The summed E-state index contributed by atoms with van der Waals surface area (Å²) in [5.74, 6) is 2.90. The van der Waals surface area contributed by atoms with Gasteiger partial charge in [-0.25, -0.2) is 9.97 Å². The van der Waals surface area contributed by atoms with E-state index in [1.165, 1.54) is 64.1 Å². The number of carbonyl (C=O) groups is 1. The first-order valence-corrected chi connectivity index (χ1v) is 12.4. The van der Waals surface area contributed by atoms with E-state index in [0.29, 0.717) is 5.92 Å². The SMILES string of the molecule is O=C(c1cccs1)N1CCN(c2nc(C3CC3)nc3sc4c(c23)CCCC4)CC1. The van der Waals surface area contributed by atoms with E-state index in [1.807, 2.05) is 33.7 Å². The minimum absolute atomic E-state index is 0.166. The van der Waals surface area contributed by atoms with Gasteiger partial charge in [-0.05, 0) is 55.5 Å². The maximum Gasteiger partial charge on any atom is 0.264 e. The van der Waals surface area contributed by atoms with Crippen molar-refractivity contribution in [2.24, 2.45) is 0 Å². The molecule has 6 rings (SSSR count). The van der Waals surface area contributed by atoms with Gasteiger partial charge in [0.15, 0.2) is 0 Å². The number of nitrogens with zero attached hydrogens (tertiary/aromatic N) is 4. The van der Waals surface area contributed by atoms with E-state index in [-0.39, 0.29) is 5.91 Å². The molecule has 2 aliphatic carbocycles. The van der Waals surface area contributed by atoms with E-state index in [0.717, 1.165) is 49.1 Å². The molecular formula is C22H24N4OS2. The van der Waals surface area contributed by atoms with Crippen molar-refractivity contribution in [3.05, 3.63) is 38.7 Å². The van der Waals surface area contributed by atoms with E-state index in [2.05, 4.69) is 4.90 Å². The number of aryl methyl sites for hydroxylation is 2. The number of rotatable bonds is 3. The summed E-state index contributed by atoms with van der Waals surface area (Å²) in [6.45, 7) is 3.20. The fourth-order valence-corrected chi connectivity index (χ4v) is 6.54. The summed E-state index contributed by atoms with van der Waals surface area (Å²) >= 11 is 3.43. The molecule has 2 fully saturated rings. The van der Waals surface area contributed by atoms with Crippen molar-refractivity contribution >= 4 is 44.6 Å². The van der Waals surface area contributed by atoms with Gasteiger partial charge in [0.1, 0.15) is 16.5 Å². The van der Waals surface area contributed by atoms with Crippen LogP contribution in [0.5, 0.6) is 0 Å². The third-order valence-corrected chi connectivity index (χ3v) is 8.40. The van der Waals surface area contributed by atoms with Crippen molar-refractivity contribution in [1.82, 2.24) is 14.9 Å². The molecule has 3 aliphatic rings. The van der Waals surface area contributed by atoms with Crippen LogP contribution in [0.4, 0.5) is 5.82 Å². The summed E-state index contributed by atoms with van der Waals surface area (Å²) in [5.41, 5.74) is 1.51. The molecular weight excluding hydrogens is 400 g/mol. The van der Waals surface area contributed by atoms with Crippen LogP contribution < -0.4 is 4.90 Å². The minimum Gasteiger partial charge on any atom is -0.352 e. The molecule has 0 unspecified atom stereocenters. The second-order valence-electron chi connectivity index (χ2n) is 8.33. The highest BCUT2D eigenvalue weighted by molar-refractivity contribution is 7.19. The average molecular weight is 425 g/mol. The quantitative estimate of drug-likeness (QED) is 0.622. The predicted molar refractivity (Wildman–Crippen MR) is 118 cm³/mol. The third-order valence-electron chi connectivity index (χ3n) is 6.35. The van der Waals surface area contributed by atoms with Crippen LogP contribution in [-0.2, 0) is 12.8 Å². The minimum atomic E-state index is 0.166. The molecule has 4 heterocycles. The Balaban J connectivity index is 1.32. The Kier molecular flexibility index (Phi) is 4.34. The van der Waals surface area contributed by atoms with Gasteiger partial charge in [-0.2, -0.15) is 0 Å². The molecule has 5 nitrogen and oxygen atoms in total. The van der Waals surface area contributed by atoms with Crippen molar-refractivity contribution in [3.8, 4) is 0 Å². The van der Waals surface area contributed by atoms with Crippen LogP contribution in [0.2, 0.25) is 0 Å². The Morgan fingerprint density at radius 3 is 2.66 bits per heavy atom. The zero-order valence-electron chi connectivity index (χ0n) is 16.4. The Morgan fingerprint density at radius 2 is 1.90 bits per heavy atom.